The maximum atomic E-state index is 11.7. The molecule has 0 radical (unpaired) electrons. The second kappa shape index (κ2) is 35.3. The summed E-state index contributed by atoms with van der Waals surface area (Å²) in [4.78, 5) is 43.2. The lowest BCUT2D eigenvalue weighted by atomic mass is 9.91. The summed E-state index contributed by atoms with van der Waals surface area (Å²) in [5.41, 5.74) is -0.321. The predicted octanol–water partition coefficient (Wildman–Crippen LogP) is 7.87. The van der Waals surface area contributed by atoms with Crippen LogP contribution < -0.4 is 0 Å². The third-order valence-corrected chi connectivity index (χ3v) is 8.12. The van der Waals surface area contributed by atoms with E-state index in [4.69, 9.17) is 29.9 Å². The van der Waals surface area contributed by atoms with Crippen LogP contribution in [0, 0.1) is 23.2 Å². The summed E-state index contributed by atoms with van der Waals surface area (Å²) in [5.74, 6) is -1.87. The number of carbonyl (C=O) groups excluding carboxylic acids is 3. The van der Waals surface area contributed by atoms with Gasteiger partial charge in [0.25, 0.3) is 0 Å². The summed E-state index contributed by atoms with van der Waals surface area (Å²) < 4.78 is 10.2. The van der Waals surface area contributed by atoms with Crippen molar-refractivity contribution in [1.29, 1.82) is 0 Å². The Morgan fingerprint density at radius 1 is 0.617 bits per heavy atom. The second-order valence-corrected chi connectivity index (χ2v) is 12.8. The van der Waals surface area contributed by atoms with Gasteiger partial charge in [0.15, 0.2) is 5.78 Å². The van der Waals surface area contributed by atoms with E-state index in [1.807, 2.05) is 48.5 Å². The number of esters is 2. The van der Waals surface area contributed by atoms with Gasteiger partial charge in [0.05, 0.1) is 30.5 Å². The third-order valence-electron chi connectivity index (χ3n) is 8.12. The number of ether oxygens (including phenoxy) is 2. The normalized spacial score (nSPS) is 12.6. The lowest BCUT2D eigenvalue weighted by Crippen LogP contribution is -2.26. The molecule has 0 aliphatic rings. The quantitative estimate of drug-likeness (QED) is 0.0474. The van der Waals surface area contributed by atoms with Gasteiger partial charge in [-0.2, -0.15) is 0 Å². The minimum absolute atomic E-state index is 0.0197. The molecule has 0 aliphatic heterocycles. The molecule has 282 valence electrons. The molecule has 0 heterocycles. The first-order chi connectivity index (χ1) is 22.0. The van der Waals surface area contributed by atoms with Gasteiger partial charge in [-0.05, 0) is 46.0 Å². The van der Waals surface area contributed by atoms with E-state index in [0.717, 1.165) is 25.7 Å². The maximum absolute atomic E-state index is 11.7. The number of hydrogen-bond donors (Lipinski definition) is 4. The van der Waals surface area contributed by atoms with Crippen LogP contribution in [0.15, 0.2) is 0 Å². The van der Waals surface area contributed by atoms with Crippen molar-refractivity contribution in [3.63, 3.8) is 0 Å². The standard InChI is InChI=1S/C18H36O2.C8H16O3.C6H12O3.C5H10O2/c1-5-7-8-9-10-11-12-13-14-15-16-20-17(19)18(3,4)6-2;1-3-7(2)8(10)11-6-4-5-9;1-3-4(2)5(7)6(8)9;1-3-4(2)5(6)7/h5-16H2,1-4H3;7,9H,3-6H2,1-2H3;4,6,8-9H,3H2,1-2H3;4H,3H2,1-2H3,(H,6,7). The molecular formula is C37H74O10. The Morgan fingerprint density at radius 3 is 1.36 bits per heavy atom. The van der Waals surface area contributed by atoms with Gasteiger partial charge in [0, 0.05) is 18.9 Å². The van der Waals surface area contributed by atoms with Crippen molar-refractivity contribution < 1.29 is 49.1 Å². The molecule has 10 heteroatoms. The van der Waals surface area contributed by atoms with E-state index in [1.54, 1.807) is 13.8 Å². The molecule has 0 rings (SSSR count). The highest BCUT2D eigenvalue weighted by Gasteiger charge is 2.26. The van der Waals surface area contributed by atoms with Gasteiger partial charge < -0.3 is 29.9 Å². The number of ketones is 1. The molecule has 0 aliphatic carbocycles. The molecule has 0 amide bonds. The average Bonchev–Trinajstić information content (AvgIpc) is 3.06. The zero-order valence-electron chi connectivity index (χ0n) is 31.8. The number of aliphatic carboxylic acids is 1. The molecular weight excluding hydrogens is 604 g/mol. The lowest BCUT2D eigenvalue weighted by molar-refractivity contribution is -0.154. The fraction of sp³-hybridized carbons (Fsp3) is 0.892. The van der Waals surface area contributed by atoms with Crippen molar-refractivity contribution >= 4 is 23.7 Å². The summed E-state index contributed by atoms with van der Waals surface area (Å²) in [5, 5.41) is 33.2. The summed E-state index contributed by atoms with van der Waals surface area (Å²) in [6.07, 6.45) is 14.8. The van der Waals surface area contributed by atoms with Crippen LogP contribution in [0.25, 0.3) is 0 Å². The van der Waals surface area contributed by atoms with Crippen LogP contribution >= 0.6 is 0 Å². The number of unbranched alkanes of at least 4 members (excludes halogenated alkanes) is 9. The number of carbonyl (C=O) groups is 4. The Balaban J connectivity index is -0.000000289. The molecule has 4 N–H and O–H groups in total. The first-order valence-electron chi connectivity index (χ1n) is 18.1. The first kappa shape index (κ1) is 51.8. The number of aliphatic hydroxyl groups is 3. The highest BCUT2D eigenvalue weighted by molar-refractivity contribution is 5.83. The highest BCUT2D eigenvalue weighted by Crippen LogP contribution is 2.21. The fourth-order valence-electron chi connectivity index (χ4n) is 3.27. The van der Waals surface area contributed by atoms with E-state index in [-0.39, 0.29) is 41.7 Å². The van der Waals surface area contributed by atoms with Crippen LogP contribution in [-0.2, 0) is 28.7 Å². The monoisotopic (exact) mass is 679 g/mol. The smallest absolute Gasteiger partial charge is 0.311 e. The van der Waals surface area contributed by atoms with Crippen molar-refractivity contribution in [3.05, 3.63) is 0 Å². The zero-order chi connectivity index (χ0) is 37.3. The Hall–Kier alpha value is -2.04. The molecule has 0 saturated heterocycles. The van der Waals surface area contributed by atoms with Crippen molar-refractivity contribution in [3.8, 4) is 0 Å². The van der Waals surface area contributed by atoms with Gasteiger partial charge >= 0.3 is 17.9 Å². The van der Waals surface area contributed by atoms with Crippen LogP contribution in [0.1, 0.15) is 166 Å². The van der Waals surface area contributed by atoms with Gasteiger partial charge in [-0.15, -0.1) is 0 Å². The molecule has 0 spiro atoms. The van der Waals surface area contributed by atoms with Gasteiger partial charge in [-0.25, -0.2) is 0 Å². The maximum Gasteiger partial charge on any atom is 0.311 e. The topological polar surface area (TPSA) is 168 Å². The molecule has 3 unspecified atom stereocenters. The van der Waals surface area contributed by atoms with Crippen LogP contribution in [0.3, 0.4) is 0 Å². The molecule has 0 aromatic heterocycles. The van der Waals surface area contributed by atoms with Gasteiger partial charge in [-0.1, -0.05) is 113 Å². The van der Waals surface area contributed by atoms with Crippen LogP contribution in [-0.4, -0.2) is 70.2 Å². The molecule has 0 fully saturated rings. The highest BCUT2D eigenvalue weighted by atomic mass is 16.5. The van der Waals surface area contributed by atoms with E-state index in [2.05, 4.69) is 6.92 Å². The van der Waals surface area contributed by atoms with Crippen molar-refractivity contribution in [2.45, 2.75) is 172 Å². The van der Waals surface area contributed by atoms with E-state index in [1.165, 1.54) is 57.8 Å². The van der Waals surface area contributed by atoms with E-state index < -0.39 is 18.0 Å². The van der Waals surface area contributed by atoms with Gasteiger partial charge in [0.1, 0.15) is 0 Å². The Bertz CT molecular complexity index is 751. The van der Waals surface area contributed by atoms with Crippen LogP contribution in [0.2, 0.25) is 0 Å². The predicted molar refractivity (Wildman–Crippen MR) is 189 cm³/mol. The number of Topliss-reactive ketones (excluding diaryl/α,β-unsaturated/α-hetero) is 1. The largest absolute Gasteiger partial charge is 0.481 e. The van der Waals surface area contributed by atoms with E-state index >= 15 is 0 Å². The molecule has 3 atom stereocenters. The SMILES string of the molecule is CCC(C)C(=O)C(O)O.CCC(C)C(=O)O.CCC(C)C(=O)OCCCO.CCCCCCCCCCCCOC(=O)C(C)(C)CC. The first-order valence-corrected chi connectivity index (χ1v) is 18.1. The van der Waals surface area contributed by atoms with Crippen LogP contribution in [0.5, 0.6) is 0 Å². The molecule has 0 bridgehead atoms. The summed E-state index contributed by atoms with van der Waals surface area (Å²) >= 11 is 0. The number of hydrogen-bond acceptors (Lipinski definition) is 9. The zero-order valence-corrected chi connectivity index (χ0v) is 31.8. The molecule has 0 aromatic rings. The third kappa shape index (κ3) is 35.1. The number of carboxylic acids is 1. The van der Waals surface area contributed by atoms with Gasteiger partial charge in [-0.3, -0.25) is 19.2 Å². The molecule has 0 saturated carbocycles. The Kier molecular flexibility index (Phi) is 38.9. The Labute approximate surface area is 287 Å². The number of aliphatic hydroxyl groups excluding tert-OH is 2. The fourth-order valence-corrected chi connectivity index (χ4v) is 3.27. The summed E-state index contributed by atoms with van der Waals surface area (Å²) in [7, 11) is 0. The minimum Gasteiger partial charge on any atom is -0.481 e. The molecule has 0 aromatic carbocycles. The van der Waals surface area contributed by atoms with Crippen molar-refractivity contribution in [2.24, 2.45) is 23.2 Å². The minimum atomic E-state index is -1.79. The average molecular weight is 679 g/mol. The van der Waals surface area contributed by atoms with E-state index in [0.29, 0.717) is 26.1 Å². The second-order valence-electron chi connectivity index (χ2n) is 12.8. The van der Waals surface area contributed by atoms with Gasteiger partial charge in [0.2, 0.25) is 6.29 Å². The van der Waals surface area contributed by atoms with E-state index in [9.17, 15) is 19.2 Å². The molecule has 10 nitrogen and oxygen atoms in total. The molecule has 47 heavy (non-hydrogen) atoms. The summed E-state index contributed by atoms with van der Waals surface area (Å²) in [6.45, 7) is 20.0. The van der Waals surface area contributed by atoms with Crippen molar-refractivity contribution in [1.82, 2.24) is 0 Å². The lowest BCUT2D eigenvalue weighted by Gasteiger charge is -2.20. The van der Waals surface area contributed by atoms with Crippen LogP contribution in [0.4, 0.5) is 0 Å². The number of rotatable bonds is 23. The number of carboxylic acid groups (broad SMARTS) is 1. The Morgan fingerprint density at radius 2 is 1.04 bits per heavy atom. The summed E-state index contributed by atoms with van der Waals surface area (Å²) in [6, 6.07) is 0. The van der Waals surface area contributed by atoms with Crippen molar-refractivity contribution in [2.75, 3.05) is 19.8 Å².